The van der Waals surface area contributed by atoms with Gasteiger partial charge in [0.05, 0.1) is 6.04 Å². The molecule has 0 radical (unpaired) electrons. The average molecular weight is 304 g/mol. The van der Waals surface area contributed by atoms with E-state index in [4.69, 9.17) is 16.1 Å². The van der Waals surface area contributed by atoms with Crippen molar-refractivity contribution in [1.82, 2.24) is 15.5 Å². The van der Waals surface area contributed by atoms with Crippen molar-refractivity contribution < 1.29 is 4.52 Å². The Balaban J connectivity index is 1.49. The van der Waals surface area contributed by atoms with Crippen LogP contribution in [0.25, 0.3) is 0 Å². The number of rotatable bonds is 3. The summed E-state index contributed by atoms with van der Waals surface area (Å²) in [4.78, 5) is 4.60. The Hall–Kier alpha value is -1.39. The van der Waals surface area contributed by atoms with E-state index in [1.807, 2.05) is 24.3 Å². The van der Waals surface area contributed by atoms with E-state index in [0.29, 0.717) is 12.3 Å². The molecule has 4 rings (SSSR count). The predicted octanol–water partition coefficient (Wildman–Crippen LogP) is 3.37. The van der Waals surface area contributed by atoms with Crippen LogP contribution in [0.2, 0.25) is 5.02 Å². The van der Waals surface area contributed by atoms with Crippen LogP contribution in [0.15, 0.2) is 28.8 Å². The van der Waals surface area contributed by atoms with Gasteiger partial charge in [-0.25, -0.2) is 0 Å². The van der Waals surface area contributed by atoms with Crippen molar-refractivity contribution >= 4 is 11.6 Å². The summed E-state index contributed by atoms with van der Waals surface area (Å²) in [5.74, 6) is 2.97. The van der Waals surface area contributed by atoms with Crippen molar-refractivity contribution in [2.45, 2.75) is 31.7 Å². The van der Waals surface area contributed by atoms with Gasteiger partial charge in [0.25, 0.3) is 0 Å². The molecule has 0 spiro atoms. The second kappa shape index (κ2) is 5.43. The van der Waals surface area contributed by atoms with Crippen LogP contribution in [0, 0.1) is 11.8 Å². The van der Waals surface area contributed by atoms with Gasteiger partial charge in [-0.2, -0.15) is 4.98 Å². The molecule has 1 aromatic carbocycles. The lowest BCUT2D eigenvalue weighted by Crippen LogP contribution is -2.18. The highest BCUT2D eigenvalue weighted by Crippen LogP contribution is 2.43. The van der Waals surface area contributed by atoms with Crippen molar-refractivity contribution in [3.63, 3.8) is 0 Å². The molecule has 1 saturated heterocycles. The van der Waals surface area contributed by atoms with Gasteiger partial charge < -0.3 is 9.84 Å². The summed E-state index contributed by atoms with van der Waals surface area (Å²) in [6.07, 6.45) is 4.62. The molecule has 2 aromatic rings. The van der Waals surface area contributed by atoms with Crippen LogP contribution < -0.4 is 5.32 Å². The molecule has 5 heteroatoms. The Kier molecular flexibility index (Phi) is 3.43. The van der Waals surface area contributed by atoms with Gasteiger partial charge in [-0.05, 0) is 48.9 Å². The second-order valence-corrected chi connectivity index (χ2v) is 6.53. The summed E-state index contributed by atoms with van der Waals surface area (Å²) in [6.45, 7) is 1.09. The third kappa shape index (κ3) is 2.58. The SMILES string of the molecule is Clc1ccc(Cc2noc(C3NCC4CCCC43)n2)cc1. The zero-order valence-electron chi connectivity index (χ0n) is 11.8. The number of nitrogens with zero attached hydrogens (tertiary/aromatic N) is 2. The molecule has 2 aliphatic rings. The summed E-state index contributed by atoms with van der Waals surface area (Å²) in [7, 11) is 0. The largest absolute Gasteiger partial charge is 0.338 e. The number of aromatic nitrogens is 2. The molecule has 4 nitrogen and oxygen atoms in total. The molecular formula is C16H18ClN3O. The molecule has 1 saturated carbocycles. The maximum absolute atomic E-state index is 5.90. The van der Waals surface area contributed by atoms with Gasteiger partial charge in [0, 0.05) is 11.4 Å². The highest BCUT2D eigenvalue weighted by molar-refractivity contribution is 6.30. The molecule has 21 heavy (non-hydrogen) atoms. The minimum absolute atomic E-state index is 0.254. The fraction of sp³-hybridized carbons (Fsp3) is 0.500. The monoisotopic (exact) mass is 303 g/mol. The number of nitrogens with one attached hydrogen (secondary N) is 1. The zero-order chi connectivity index (χ0) is 14.2. The van der Waals surface area contributed by atoms with Crippen molar-refractivity contribution in [2.24, 2.45) is 11.8 Å². The van der Waals surface area contributed by atoms with Crippen LogP contribution in [-0.2, 0) is 6.42 Å². The van der Waals surface area contributed by atoms with E-state index in [9.17, 15) is 0 Å². The Bertz CT molecular complexity index is 625. The molecule has 110 valence electrons. The molecule has 2 fully saturated rings. The maximum Gasteiger partial charge on any atom is 0.244 e. The lowest BCUT2D eigenvalue weighted by atomic mass is 9.94. The summed E-state index contributed by atoms with van der Waals surface area (Å²) in [5.41, 5.74) is 1.14. The van der Waals surface area contributed by atoms with Crippen molar-refractivity contribution in [3.8, 4) is 0 Å². The van der Waals surface area contributed by atoms with Gasteiger partial charge >= 0.3 is 0 Å². The number of halogens is 1. The molecule has 0 amide bonds. The third-order valence-corrected chi connectivity index (χ3v) is 5.02. The van der Waals surface area contributed by atoms with E-state index in [2.05, 4.69) is 15.5 Å². The molecule has 3 unspecified atom stereocenters. The topological polar surface area (TPSA) is 51.0 Å². The fourth-order valence-corrected chi connectivity index (χ4v) is 3.83. The fourth-order valence-electron chi connectivity index (χ4n) is 3.71. The highest BCUT2D eigenvalue weighted by Gasteiger charge is 2.42. The number of hydrogen-bond donors (Lipinski definition) is 1. The first-order valence-corrected chi connectivity index (χ1v) is 7.98. The van der Waals surface area contributed by atoms with E-state index >= 15 is 0 Å². The van der Waals surface area contributed by atoms with E-state index in [0.717, 1.165) is 34.8 Å². The second-order valence-electron chi connectivity index (χ2n) is 6.09. The van der Waals surface area contributed by atoms with Gasteiger partial charge in [0.15, 0.2) is 5.82 Å². The minimum Gasteiger partial charge on any atom is -0.338 e. The van der Waals surface area contributed by atoms with Crippen LogP contribution in [0.3, 0.4) is 0 Å². The quantitative estimate of drug-likeness (QED) is 0.944. The Morgan fingerprint density at radius 3 is 2.95 bits per heavy atom. The van der Waals surface area contributed by atoms with Crippen molar-refractivity contribution in [3.05, 3.63) is 46.6 Å². The van der Waals surface area contributed by atoms with Crippen molar-refractivity contribution in [1.29, 1.82) is 0 Å². The Morgan fingerprint density at radius 1 is 1.24 bits per heavy atom. The molecule has 1 aliphatic carbocycles. The molecule has 0 bridgehead atoms. The minimum atomic E-state index is 0.254. The summed E-state index contributed by atoms with van der Waals surface area (Å²) < 4.78 is 5.50. The van der Waals surface area contributed by atoms with Gasteiger partial charge in [-0.15, -0.1) is 0 Å². The smallest absolute Gasteiger partial charge is 0.244 e. The maximum atomic E-state index is 5.90. The van der Waals surface area contributed by atoms with Gasteiger partial charge in [0.1, 0.15) is 0 Å². The van der Waals surface area contributed by atoms with E-state index in [1.54, 1.807) is 0 Å². The normalized spacial score (nSPS) is 28.0. The number of fused-ring (bicyclic) bond motifs is 1. The van der Waals surface area contributed by atoms with Crippen LogP contribution >= 0.6 is 11.6 Å². The summed E-state index contributed by atoms with van der Waals surface area (Å²) in [6, 6.07) is 8.03. The van der Waals surface area contributed by atoms with E-state index in [1.165, 1.54) is 19.3 Å². The number of benzene rings is 1. The molecular weight excluding hydrogens is 286 g/mol. The standard InChI is InChI=1S/C16H18ClN3O/c17-12-6-4-10(5-7-12)8-14-19-16(21-20-14)15-13-3-1-2-11(13)9-18-15/h4-7,11,13,15,18H,1-3,8-9H2. The van der Waals surface area contributed by atoms with Crippen molar-refractivity contribution in [2.75, 3.05) is 6.54 Å². The molecule has 2 heterocycles. The average Bonchev–Trinajstić information content (AvgIpc) is 3.17. The predicted molar refractivity (Wildman–Crippen MR) is 80.1 cm³/mol. The van der Waals surface area contributed by atoms with Crippen LogP contribution in [0.5, 0.6) is 0 Å². The van der Waals surface area contributed by atoms with E-state index < -0.39 is 0 Å². The van der Waals surface area contributed by atoms with Gasteiger partial charge in [-0.3, -0.25) is 0 Å². The van der Waals surface area contributed by atoms with Gasteiger partial charge in [0.2, 0.25) is 5.89 Å². The van der Waals surface area contributed by atoms with Crippen LogP contribution in [0.1, 0.15) is 42.6 Å². The molecule has 1 N–H and O–H groups in total. The first-order chi connectivity index (χ1) is 10.3. The highest BCUT2D eigenvalue weighted by atomic mass is 35.5. The van der Waals surface area contributed by atoms with Crippen LogP contribution in [-0.4, -0.2) is 16.7 Å². The number of hydrogen-bond acceptors (Lipinski definition) is 4. The van der Waals surface area contributed by atoms with Gasteiger partial charge in [-0.1, -0.05) is 35.3 Å². The molecule has 1 aliphatic heterocycles. The van der Waals surface area contributed by atoms with Crippen LogP contribution in [0.4, 0.5) is 0 Å². The molecule has 1 aromatic heterocycles. The Labute approximate surface area is 128 Å². The first kappa shape index (κ1) is 13.3. The first-order valence-electron chi connectivity index (χ1n) is 7.60. The summed E-state index contributed by atoms with van der Waals surface area (Å²) >= 11 is 5.90. The molecule has 3 atom stereocenters. The lowest BCUT2D eigenvalue weighted by Gasteiger charge is -2.13. The zero-order valence-corrected chi connectivity index (χ0v) is 12.5. The van der Waals surface area contributed by atoms with E-state index in [-0.39, 0.29) is 6.04 Å². The Morgan fingerprint density at radius 2 is 2.10 bits per heavy atom. The lowest BCUT2D eigenvalue weighted by molar-refractivity contribution is 0.301. The third-order valence-electron chi connectivity index (χ3n) is 4.77. The summed E-state index contributed by atoms with van der Waals surface area (Å²) in [5, 5.41) is 8.42.